The van der Waals surface area contributed by atoms with E-state index in [1.807, 2.05) is 6.20 Å². The average Bonchev–Trinajstić information content (AvgIpc) is 2.83. The van der Waals surface area contributed by atoms with Gasteiger partial charge in [-0.15, -0.1) is 0 Å². The lowest BCUT2D eigenvalue weighted by molar-refractivity contribution is 0.336. The molecular formula is C17H26N4. The Kier molecular flexibility index (Phi) is 4.54. The quantitative estimate of drug-likeness (QED) is 0.918. The molecule has 1 atom stereocenters. The lowest BCUT2D eigenvalue weighted by Crippen LogP contribution is -2.32. The molecule has 21 heavy (non-hydrogen) atoms. The number of rotatable bonds is 5. The number of hydrogen-bond acceptors (Lipinski definition) is 3. The summed E-state index contributed by atoms with van der Waals surface area (Å²) in [6, 6.07) is 2.16. The van der Waals surface area contributed by atoms with Crippen LogP contribution in [-0.2, 0) is 13.0 Å². The van der Waals surface area contributed by atoms with Crippen molar-refractivity contribution < 1.29 is 0 Å². The molecule has 1 fully saturated rings. The first-order chi connectivity index (χ1) is 10.3. The summed E-state index contributed by atoms with van der Waals surface area (Å²) in [5.74, 6) is 1.93. The van der Waals surface area contributed by atoms with E-state index in [1.54, 1.807) is 0 Å². The first kappa shape index (κ1) is 14.5. The van der Waals surface area contributed by atoms with Gasteiger partial charge in [-0.05, 0) is 56.8 Å². The summed E-state index contributed by atoms with van der Waals surface area (Å²) < 4.78 is 2.38. The fourth-order valence-corrected chi connectivity index (χ4v) is 3.21. The maximum absolute atomic E-state index is 4.86. The number of fused-ring (bicyclic) bond motifs is 1. The van der Waals surface area contributed by atoms with Crippen LogP contribution in [0.3, 0.4) is 0 Å². The Morgan fingerprint density at radius 2 is 2.33 bits per heavy atom. The first-order valence-corrected chi connectivity index (χ1v) is 8.30. The summed E-state index contributed by atoms with van der Waals surface area (Å²) in [6.07, 6.45) is 8.03. The molecule has 1 unspecified atom stereocenters. The number of nitrogens with zero attached hydrogens (tertiary/aromatic N) is 3. The van der Waals surface area contributed by atoms with E-state index in [0.29, 0.717) is 5.92 Å². The molecule has 3 heterocycles. The second-order valence-corrected chi connectivity index (χ2v) is 6.31. The maximum atomic E-state index is 4.86. The van der Waals surface area contributed by atoms with Gasteiger partial charge in [0.25, 0.3) is 0 Å². The molecule has 0 saturated carbocycles. The molecule has 1 aliphatic heterocycles. The van der Waals surface area contributed by atoms with Crippen molar-refractivity contribution in [2.45, 2.75) is 52.5 Å². The van der Waals surface area contributed by atoms with E-state index in [9.17, 15) is 0 Å². The first-order valence-electron chi connectivity index (χ1n) is 8.30. The van der Waals surface area contributed by atoms with Gasteiger partial charge in [0.1, 0.15) is 11.3 Å². The van der Waals surface area contributed by atoms with Gasteiger partial charge >= 0.3 is 0 Å². The Morgan fingerprint density at radius 1 is 1.43 bits per heavy atom. The van der Waals surface area contributed by atoms with E-state index < -0.39 is 0 Å². The molecule has 1 aliphatic rings. The molecule has 4 heteroatoms. The monoisotopic (exact) mass is 286 g/mol. The van der Waals surface area contributed by atoms with Crippen molar-refractivity contribution in [1.82, 2.24) is 19.9 Å². The molecule has 0 spiro atoms. The van der Waals surface area contributed by atoms with Crippen molar-refractivity contribution in [3.05, 3.63) is 23.7 Å². The van der Waals surface area contributed by atoms with Crippen LogP contribution in [-0.4, -0.2) is 27.6 Å². The van der Waals surface area contributed by atoms with Gasteiger partial charge in [0, 0.05) is 19.2 Å². The minimum absolute atomic E-state index is 0.708. The molecule has 1 N–H and O–H groups in total. The summed E-state index contributed by atoms with van der Waals surface area (Å²) in [7, 11) is 0. The molecule has 2 aromatic rings. The van der Waals surface area contributed by atoms with Gasteiger partial charge in [-0.1, -0.05) is 13.3 Å². The van der Waals surface area contributed by atoms with Gasteiger partial charge < -0.3 is 9.88 Å². The predicted octanol–water partition coefficient (Wildman–Crippen LogP) is 3.08. The highest BCUT2D eigenvalue weighted by Gasteiger charge is 2.18. The Hall–Kier alpha value is -1.42. The lowest BCUT2D eigenvalue weighted by Gasteiger charge is -2.24. The fourth-order valence-electron chi connectivity index (χ4n) is 3.21. The number of pyridine rings is 1. The van der Waals surface area contributed by atoms with Crippen LogP contribution in [0.4, 0.5) is 0 Å². The Bertz CT molecular complexity index is 596. The molecule has 0 radical (unpaired) electrons. The third kappa shape index (κ3) is 3.26. The second kappa shape index (κ2) is 6.56. The highest BCUT2D eigenvalue weighted by Crippen LogP contribution is 2.21. The van der Waals surface area contributed by atoms with Crippen LogP contribution in [0.2, 0.25) is 0 Å². The van der Waals surface area contributed by atoms with E-state index in [-0.39, 0.29) is 0 Å². The zero-order valence-electron chi connectivity index (χ0n) is 13.2. The Morgan fingerprint density at radius 3 is 3.10 bits per heavy atom. The number of hydrogen-bond donors (Lipinski definition) is 1. The van der Waals surface area contributed by atoms with Crippen molar-refractivity contribution in [2.24, 2.45) is 5.92 Å². The zero-order chi connectivity index (χ0) is 14.7. The maximum Gasteiger partial charge on any atom is 0.160 e. The van der Waals surface area contributed by atoms with Crippen molar-refractivity contribution in [3.63, 3.8) is 0 Å². The van der Waals surface area contributed by atoms with E-state index >= 15 is 0 Å². The SMILES string of the molecule is CCCCc1nc2cc(C)cnc2n1CC1CCCNC1. The highest BCUT2D eigenvalue weighted by molar-refractivity contribution is 5.72. The van der Waals surface area contributed by atoms with Crippen LogP contribution in [0.15, 0.2) is 12.3 Å². The lowest BCUT2D eigenvalue weighted by atomic mass is 9.99. The fraction of sp³-hybridized carbons (Fsp3) is 0.647. The minimum Gasteiger partial charge on any atom is -0.316 e. The normalized spacial score (nSPS) is 19.2. The van der Waals surface area contributed by atoms with Gasteiger partial charge in [0.05, 0.1) is 0 Å². The smallest absolute Gasteiger partial charge is 0.160 e. The molecular weight excluding hydrogens is 260 g/mol. The van der Waals surface area contributed by atoms with E-state index in [4.69, 9.17) is 4.98 Å². The third-order valence-corrected chi connectivity index (χ3v) is 4.39. The summed E-state index contributed by atoms with van der Waals surface area (Å²) in [5, 5.41) is 3.51. The predicted molar refractivity (Wildman–Crippen MR) is 86.5 cm³/mol. The molecule has 0 amide bonds. The van der Waals surface area contributed by atoms with Crippen molar-refractivity contribution in [3.8, 4) is 0 Å². The summed E-state index contributed by atoms with van der Waals surface area (Å²) in [6.45, 7) is 7.67. The van der Waals surface area contributed by atoms with Gasteiger partial charge in [0.2, 0.25) is 0 Å². The molecule has 4 nitrogen and oxygen atoms in total. The van der Waals surface area contributed by atoms with E-state index in [0.717, 1.165) is 30.7 Å². The molecule has 0 aliphatic carbocycles. The highest BCUT2D eigenvalue weighted by atomic mass is 15.1. The summed E-state index contributed by atoms with van der Waals surface area (Å²) in [5.41, 5.74) is 3.32. The molecule has 114 valence electrons. The largest absolute Gasteiger partial charge is 0.316 e. The van der Waals surface area contributed by atoms with Gasteiger partial charge in [0.15, 0.2) is 5.65 Å². The van der Waals surface area contributed by atoms with Crippen LogP contribution < -0.4 is 5.32 Å². The Balaban J connectivity index is 1.91. The van der Waals surface area contributed by atoms with Crippen molar-refractivity contribution >= 4 is 11.2 Å². The number of piperidine rings is 1. The van der Waals surface area contributed by atoms with Crippen LogP contribution >= 0.6 is 0 Å². The number of aromatic nitrogens is 3. The van der Waals surface area contributed by atoms with E-state index in [2.05, 4.69) is 34.8 Å². The molecule has 2 aromatic heterocycles. The number of unbranched alkanes of at least 4 members (excludes halogenated alkanes) is 1. The molecule has 1 saturated heterocycles. The van der Waals surface area contributed by atoms with Crippen molar-refractivity contribution in [1.29, 1.82) is 0 Å². The minimum atomic E-state index is 0.708. The number of nitrogens with one attached hydrogen (secondary N) is 1. The van der Waals surface area contributed by atoms with Crippen LogP contribution in [0, 0.1) is 12.8 Å². The topological polar surface area (TPSA) is 42.7 Å². The van der Waals surface area contributed by atoms with Crippen molar-refractivity contribution in [2.75, 3.05) is 13.1 Å². The number of imidazole rings is 1. The zero-order valence-corrected chi connectivity index (χ0v) is 13.2. The van der Waals surface area contributed by atoms with Crippen LogP contribution in [0.1, 0.15) is 44.0 Å². The molecule has 0 aromatic carbocycles. The summed E-state index contributed by atoms with van der Waals surface area (Å²) >= 11 is 0. The van der Waals surface area contributed by atoms with Gasteiger partial charge in [-0.2, -0.15) is 0 Å². The summed E-state index contributed by atoms with van der Waals surface area (Å²) in [4.78, 5) is 9.51. The standard InChI is InChI=1S/C17H26N4/c1-3-4-7-16-20-15-9-13(2)10-19-17(15)21(16)12-14-6-5-8-18-11-14/h9-10,14,18H,3-8,11-12H2,1-2H3. The second-order valence-electron chi connectivity index (χ2n) is 6.31. The van der Waals surface area contributed by atoms with E-state index in [1.165, 1.54) is 43.6 Å². The van der Waals surface area contributed by atoms with Crippen LogP contribution in [0.5, 0.6) is 0 Å². The van der Waals surface area contributed by atoms with Gasteiger partial charge in [-0.25, -0.2) is 9.97 Å². The molecule has 0 bridgehead atoms. The van der Waals surface area contributed by atoms with Crippen LogP contribution in [0.25, 0.3) is 11.2 Å². The van der Waals surface area contributed by atoms with Gasteiger partial charge in [-0.3, -0.25) is 0 Å². The average molecular weight is 286 g/mol. The number of aryl methyl sites for hydroxylation is 2. The molecule has 3 rings (SSSR count). The third-order valence-electron chi connectivity index (χ3n) is 4.39. The Labute approximate surface area is 127 Å².